The van der Waals surface area contributed by atoms with Gasteiger partial charge in [-0.3, -0.25) is 9.59 Å². The minimum Gasteiger partial charge on any atom is -0.469 e. The summed E-state index contributed by atoms with van der Waals surface area (Å²) in [5, 5.41) is 0. The minimum absolute atomic E-state index is 0.0609. The number of esters is 1. The Hall–Kier alpha value is -3.74. The van der Waals surface area contributed by atoms with Gasteiger partial charge in [0.15, 0.2) is 0 Å². The van der Waals surface area contributed by atoms with Gasteiger partial charge in [0.25, 0.3) is 5.91 Å². The number of fused-ring (bicyclic) bond motifs is 2. The first-order valence-electron chi connectivity index (χ1n) is 10.7. The molecule has 0 saturated carbocycles. The summed E-state index contributed by atoms with van der Waals surface area (Å²) in [5.41, 5.74) is 3.72. The quantitative estimate of drug-likeness (QED) is 0.547. The van der Waals surface area contributed by atoms with E-state index in [2.05, 4.69) is 4.98 Å². The minimum atomic E-state index is -0.865. The number of rotatable bonds is 4. The lowest BCUT2D eigenvalue weighted by atomic mass is 9.70. The van der Waals surface area contributed by atoms with E-state index in [1.807, 2.05) is 57.2 Å². The number of carbonyl (C=O) groups is 2. The average Bonchev–Trinajstić information content (AvgIpc) is 2.80. The summed E-state index contributed by atoms with van der Waals surface area (Å²) in [6.07, 6.45) is 0. The lowest BCUT2D eigenvalue weighted by Crippen LogP contribution is -2.35. The van der Waals surface area contributed by atoms with E-state index in [4.69, 9.17) is 14.5 Å². The van der Waals surface area contributed by atoms with E-state index >= 15 is 0 Å². The van der Waals surface area contributed by atoms with Crippen molar-refractivity contribution in [3.8, 4) is 23.0 Å². The highest BCUT2D eigenvalue weighted by Crippen LogP contribution is 2.51. The van der Waals surface area contributed by atoms with E-state index in [1.165, 1.54) is 12.0 Å². The summed E-state index contributed by atoms with van der Waals surface area (Å²) in [7, 11) is 4.83. The van der Waals surface area contributed by atoms with Crippen LogP contribution in [-0.2, 0) is 9.53 Å². The molecule has 7 heteroatoms. The average molecular weight is 446 g/mol. The van der Waals surface area contributed by atoms with Crippen molar-refractivity contribution in [2.45, 2.75) is 26.7 Å². The highest BCUT2D eigenvalue weighted by Gasteiger charge is 2.45. The van der Waals surface area contributed by atoms with Gasteiger partial charge in [-0.2, -0.15) is 0 Å². The largest absolute Gasteiger partial charge is 0.469 e. The summed E-state index contributed by atoms with van der Waals surface area (Å²) < 4.78 is 11.2. The van der Waals surface area contributed by atoms with Crippen molar-refractivity contribution in [3.63, 3.8) is 0 Å². The summed E-state index contributed by atoms with van der Waals surface area (Å²) in [6.45, 7) is 5.60. The van der Waals surface area contributed by atoms with Gasteiger partial charge in [-0.05, 0) is 45.0 Å². The third-order valence-corrected chi connectivity index (χ3v) is 6.00. The van der Waals surface area contributed by atoms with Crippen molar-refractivity contribution in [3.05, 3.63) is 70.9 Å². The molecule has 1 unspecified atom stereocenters. The number of aromatic nitrogens is 2. The molecular weight excluding hydrogens is 418 g/mol. The molecule has 1 aliphatic rings. The predicted octanol–water partition coefficient (Wildman–Crippen LogP) is 4.59. The van der Waals surface area contributed by atoms with Gasteiger partial charge in [-0.25, -0.2) is 9.97 Å². The van der Waals surface area contributed by atoms with Crippen molar-refractivity contribution >= 4 is 11.9 Å². The van der Waals surface area contributed by atoms with Gasteiger partial charge in [0.05, 0.1) is 18.2 Å². The Balaban J connectivity index is 1.79. The highest BCUT2D eigenvalue weighted by molar-refractivity contribution is 5.94. The Morgan fingerprint density at radius 3 is 2.15 bits per heavy atom. The number of ether oxygens (including phenoxy) is 2. The molecule has 7 nitrogen and oxygen atoms in total. The van der Waals surface area contributed by atoms with Gasteiger partial charge in [-0.1, -0.05) is 24.3 Å². The molecule has 0 bridgehead atoms. The zero-order chi connectivity index (χ0) is 23.9. The fourth-order valence-electron chi connectivity index (χ4n) is 4.22. The Bertz CT molecular complexity index is 1230. The highest BCUT2D eigenvalue weighted by atomic mass is 16.5. The summed E-state index contributed by atoms with van der Waals surface area (Å²) in [4.78, 5) is 35.7. The van der Waals surface area contributed by atoms with Gasteiger partial charge in [0, 0.05) is 48.0 Å². The molecule has 170 valence electrons. The summed E-state index contributed by atoms with van der Waals surface area (Å²) in [6, 6.07) is 15.0. The molecule has 0 N–H and O–H groups in total. The van der Waals surface area contributed by atoms with Crippen molar-refractivity contribution in [2.24, 2.45) is 5.41 Å². The molecule has 0 aliphatic carbocycles. The zero-order valence-corrected chi connectivity index (χ0v) is 19.7. The molecule has 1 aromatic carbocycles. The molecule has 3 heterocycles. The molecule has 0 radical (unpaired) electrons. The maximum atomic E-state index is 12.7. The van der Waals surface area contributed by atoms with E-state index in [0.29, 0.717) is 23.0 Å². The number of methoxy groups -OCH3 is 1. The first-order chi connectivity index (χ1) is 15.6. The predicted molar refractivity (Wildman–Crippen MR) is 124 cm³/mol. The summed E-state index contributed by atoms with van der Waals surface area (Å²) in [5.74, 6) is 0.138. The number of aryl methyl sites for hydroxylation is 1. The monoisotopic (exact) mass is 445 g/mol. The van der Waals surface area contributed by atoms with E-state index in [0.717, 1.165) is 22.4 Å². The molecule has 2 aromatic heterocycles. The van der Waals surface area contributed by atoms with Gasteiger partial charge in [0.1, 0.15) is 0 Å². The van der Waals surface area contributed by atoms with Gasteiger partial charge < -0.3 is 14.4 Å². The van der Waals surface area contributed by atoms with Crippen LogP contribution in [0.3, 0.4) is 0 Å². The van der Waals surface area contributed by atoms with Crippen LogP contribution < -0.4 is 4.74 Å². The van der Waals surface area contributed by atoms with E-state index < -0.39 is 5.41 Å². The second-order valence-corrected chi connectivity index (χ2v) is 8.96. The number of carbonyl (C=O) groups excluding carboxylic acids is 2. The molecule has 0 spiro atoms. The lowest BCUT2D eigenvalue weighted by molar-refractivity contribution is -0.151. The Morgan fingerprint density at radius 1 is 0.939 bits per heavy atom. The third-order valence-electron chi connectivity index (χ3n) is 6.00. The van der Waals surface area contributed by atoms with Crippen LogP contribution in [0.5, 0.6) is 11.8 Å². The van der Waals surface area contributed by atoms with Crippen LogP contribution in [-0.4, -0.2) is 47.9 Å². The number of hydrogen-bond acceptors (Lipinski definition) is 6. The fourth-order valence-corrected chi connectivity index (χ4v) is 4.22. The molecule has 1 atom stereocenters. The Labute approximate surface area is 193 Å². The smallest absolute Gasteiger partial charge is 0.312 e. The lowest BCUT2D eigenvalue weighted by Gasteiger charge is -2.36. The normalized spacial score (nSPS) is 14.5. The van der Waals surface area contributed by atoms with E-state index in [-0.39, 0.29) is 17.8 Å². The van der Waals surface area contributed by atoms with Crippen molar-refractivity contribution < 1.29 is 19.1 Å². The number of amides is 1. The van der Waals surface area contributed by atoms with Crippen LogP contribution in [0, 0.1) is 12.3 Å². The van der Waals surface area contributed by atoms with E-state index in [1.54, 1.807) is 26.2 Å². The van der Waals surface area contributed by atoms with Crippen LogP contribution in [0.4, 0.5) is 0 Å². The fraction of sp³-hybridized carbons (Fsp3) is 0.308. The van der Waals surface area contributed by atoms with Gasteiger partial charge in [-0.15, -0.1) is 0 Å². The van der Waals surface area contributed by atoms with Gasteiger partial charge >= 0.3 is 5.97 Å². The molecule has 0 fully saturated rings. The Kier molecular flexibility index (Phi) is 5.66. The van der Waals surface area contributed by atoms with Crippen LogP contribution in [0.25, 0.3) is 11.3 Å². The molecule has 33 heavy (non-hydrogen) atoms. The van der Waals surface area contributed by atoms with Crippen LogP contribution >= 0.6 is 0 Å². The second kappa shape index (κ2) is 8.31. The number of hydrogen-bond donors (Lipinski definition) is 0. The maximum absolute atomic E-state index is 12.7. The van der Waals surface area contributed by atoms with E-state index in [9.17, 15) is 9.59 Å². The second-order valence-electron chi connectivity index (χ2n) is 8.96. The molecule has 3 aromatic rings. The molecule has 4 rings (SSSR count). The van der Waals surface area contributed by atoms with Crippen molar-refractivity contribution in [1.29, 1.82) is 0 Å². The molecular formula is C26H27N3O4. The molecule has 1 aliphatic heterocycles. The van der Waals surface area contributed by atoms with Crippen molar-refractivity contribution in [2.75, 3.05) is 21.2 Å². The summed E-state index contributed by atoms with van der Waals surface area (Å²) >= 11 is 0. The third kappa shape index (κ3) is 3.95. The number of pyridine rings is 2. The molecule has 1 amide bonds. The standard InChI is InChI=1S/C26H27N3O4/c1-15-7-12-18-21(26(2,3)25(31)32-6)19-13-14-20(28-23(19)33-22(18)27-15)16-8-10-17(11-9-16)24(30)29(4)5/h7-14,21H,1-6H3. The van der Waals surface area contributed by atoms with Crippen LogP contribution in [0.1, 0.15) is 46.9 Å². The SMILES string of the molecule is COC(=O)C(C)(C)C1c2ccc(C)nc2Oc2nc(-c3ccc(C(=O)N(C)C)cc3)ccc21. The van der Waals surface area contributed by atoms with Crippen LogP contribution in [0.2, 0.25) is 0 Å². The topological polar surface area (TPSA) is 81.6 Å². The van der Waals surface area contributed by atoms with Crippen LogP contribution in [0.15, 0.2) is 48.5 Å². The first kappa shape index (κ1) is 22.5. The first-order valence-corrected chi connectivity index (χ1v) is 10.7. The van der Waals surface area contributed by atoms with Gasteiger partial charge in [0.2, 0.25) is 11.8 Å². The molecule has 0 saturated heterocycles. The number of benzene rings is 1. The maximum Gasteiger partial charge on any atom is 0.312 e. The number of nitrogens with zero attached hydrogens (tertiary/aromatic N) is 3. The zero-order valence-electron chi connectivity index (χ0n) is 19.7. The Morgan fingerprint density at radius 2 is 1.55 bits per heavy atom. The van der Waals surface area contributed by atoms with Crippen molar-refractivity contribution in [1.82, 2.24) is 14.9 Å².